The summed E-state index contributed by atoms with van der Waals surface area (Å²) in [5.74, 6) is -1.08. The molecule has 3 unspecified atom stereocenters. The van der Waals surface area contributed by atoms with Gasteiger partial charge in [-0.1, -0.05) is 26.2 Å². The van der Waals surface area contributed by atoms with E-state index < -0.39 is 36.4 Å². The van der Waals surface area contributed by atoms with Crippen molar-refractivity contribution in [1.29, 1.82) is 0 Å². The summed E-state index contributed by atoms with van der Waals surface area (Å²) < 4.78 is 26.2. The summed E-state index contributed by atoms with van der Waals surface area (Å²) >= 11 is 0. The number of rotatable bonds is 7. The highest BCUT2D eigenvalue weighted by atomic mass is 19.1. The Hall–Kier alpha value is -2.64. The summed E-state index contributed by atoms with van der Waals surface area (Å²) in [6.07, 6.45) is 9.17. The molecule has 4 atom stereocenters. The lowest BCUT2D eigenvalue weighted by Crippen LogP contribution is -2.43. The number of benzene rings is 1. The maximum absolute atomic E-state index is 15.2. The van der Waals surface area contributed by atoms with Crippen LogP contribution in [0.3, 0.4) is 0 Å². The highest BCUT2D eigenvalue weighted by Gasteiger charge is 2.45. The van der Waals surface area contributed by atoms with Gasteiger partial charge in [-0.15, -0.1) is 0 Å². The van der Waals surface area contributed by atoms with Crippen LogP contribution in [0, 0.1) is 23.1 Å². The average molecular weight is 474 g/mol. The summed E-state index contributed by atoms with van der Waals surface area (Å²) in [7, 11) is 0. The van der Waals surface area contributed by atoms with Crippen molar-refractivity contribution in [3.8, 4) is 5.75 Å². The zero-order valence-corrected chi connectivity index (χ0v) is 19.6. The van der Waals surface area contributed by atoms with Crippen LogP contribution in [0.1, 0.15) is 86.6 Å². The number of cyclic esters (lactones) is 1. The molecule has 0 aromatic heterocycles. The van der Waals surface area contributed by atoms with Crippen molar-refractivity contribution in [1.82, 2.24) is 4.90 Å². The summed E-state index contributed by atoms with van der Waals surface area (Å²) in [4.78, 5) is 36.9. The summed E-state index contributed by atoms with van der Waals surface area (Å²) in [6.45, 7) is 2.35. The Bertz CT molecular complexity index is 1010. The number of hydrogen-bond acceptors (Lipinski definition) is 5. The van der Waals surface area contributed by atoms with Crippen LogP contribution < -0.4 is 4.74 Å². The minimum absolute atomic E-state index is 0.127. The lowest BCUT2D eigenvalue weighted by Gasteiger charge is -2.48. The Morgan fingerprint density at radius 1 is 1.26 bits per heavy atom. The molecule has 1 aromatic carbocycles. The van der Waals surface area contributed by atoms with E-state index in [1.807, 2.05) is 0 Å². The van der Waals surface area contributed by atoms with E-state index in [0.29, 0.717) is 23.2 Å². The molecule has 1 N–H and O–H groups in total. The summed E-state index contributed by atoms with van der Waals surface area (Å²) in [5.41, 5.74) is 0.566. The first-order chi connectivity index (χ1) is 16.3. The van der Waals surface area contributed by atoms with Gasteiger partial charge in [0.05, 0.1) is 12.2 Å². The average Bonchev–Trinajstić information content (AvgIpc) is 3.57. The van der Waals surface area contributed by atoms with E-state index in [9.17, 15) is 19.5 Å². The summed E-state index contributed by atoms with van der Waals surface area (Å²) in [6, 6.07) is 1.23. The van der Waals surface area contributed by atoms with Crippen LogP contribution in [0.4, 0.5) is 9.18 Å². The van der Waals surface area contributed by atoms with Crippen LogP contribution in [0.15, 0.2) is 12.1 Å². The maximum Gasteiger partial charge on any atom is 0.417 e. The van der Waals surface area contributed by atoms with Gasteiger partial charge in [0.25, 0.3) is 5.91 Å². The van der Waals surface area contributed by atoms with Crippen LogP contribution in [0.25, 0.3) is 0 Å². The highest BCUT2D eigenvalue weighted by molar-refractivity contribution is 6.06. The molecule has 7 nitrogen and oxygen atoms in total. The molecule has 1 aliphatic heterocycles. The van der Waals surface area contributed by atoms with Gasteiger partial charge < -0.3 is 14.6 Å². The first-order valence-electron chi connectivity index (χ1n) is 12.5. The Labute approximate surface area is 198 Å². The minimum Gasteiger partial charge on any atom is -0.493 e. The van der Waals surface area contributed by atoms with Gasteiger partial charge in [-0.05, 0) is 67.9 Å². The number of nitrogens with zero attached hydrogens (tertiary/aromatic N) is 1. The van der Waals surface area contributed by atoms with Gasteiger partial charge in [0.1, 0.15) is 18.2 Å². The van der Waals surface area contributed by atoms with Gasteiger partial charge in [-0.3, -0.25) is 4.79 Å². The third kappa shape index (κ3) is 4.27. The lowest BCUT2D eigenvalue weighted by molar-refractivity contribution is -0.140. The van der Waals surface area contributed by atoms with Crippen LogP contribution in [0.5, 0.6) is 5.75 Å². The third-order valence-electron chi connectivity index (χ3n) is 8.26. The Morgan fingerprint density at radius 2 is 2.06 bits per heavy atom. The monoisotopic (exact) mass is 473 g/mol. The number of amides is 2. The van der Waals surface area contributed by atoms with E-state index in [1.54, 1.807) is 0 Å². The molecule has 34 heavy (non-hydrogen) atoms. The van der Waals surface area contributed by atoms with Crippen molar-refractivity contribution in [2.45, 2.75) is 76.7 Å². The largest absolute Gasteiger partial charge is 0.493 e. The topological polar surface area (TPSA) is 93.1 Å². The van der Waals surface area contributed by atoms with Gasteiger partial charge in [0, 0.05) is 11.5 Å². The zero-order valence-electron chi connectivity index (χ0n) is 19.6. The molecule has 3 saturated carbocycles. The fourth-order valence-electron chi connectivity index (χ4n) is 6.40. The quantitative estimate of drug-likeness (QED) is 0.591. The van der Waals surface area contributed by atoms with Crippen molar-refractivity contribution in [3.05, 3.63) is 29.1 Å². The Balaban J connectivity index is 1.39. The minimum atomic E-state index is -1.46. The fourth-order valence-corrected chi connectivity index (χ4v) is 6.40. The van der Waals surface area contributed by atoms with E-state index in [0.717, 1.165) is 43.6 Å². The van der Waals surface area contributed by atoms with Gasteiger partial charge >= 0.3 is 12.1 Å². The number of halogens is 1. The van der Waals surface area contributed by atoms with E-state index in [1.165, 1.54) is 37.8 Å². The zero-order chi connectivity index (χ0) is 24.0. The molecule has 2 amide bonds. The molecule has 5 rings (SSSR count). The van der Waals surface area contributed by atoms with Crippen molar-refractivity contribution in [3.63, 3.8) is 0 Å². The second-order valence-electron chi connectivity index (χ2n) is 10.7. The van der Waals surface area contributed by atoms with E-state index in [4.69, 9.17) is 9.47 Å². The smallest absolute Gasteiger partial charge is 0.417 e. The number of carboxylic acids is 1. The van der Waals surface area contributed by atoms with Crippen molar-refractivity contribution >= 4 is 18.0 Å². The first-order valence-corrected chi connectivity index (χ1v) is 12.5. The predicted octanol–water partition coefficient (Wildman–Crippen LogP) is 5.12. The van der Waals surface area contributed by atoms with Gasteiger partial charge in [0.15, 0.2) is 6.04 Å². The number of aliphatic carboxylic acids is 1. The number of carbonyl (C=O) groups is 3. The van der Waals surface area contributed by atoms with E-state index in [2.05, 4.69) is 6.92 Å². The SMILES string of the molecule is CCC1CC2CCCC(COc3cc(F)c(C(=O)N4C(=O)OC[C@H]4C(=O)O)cc3C3CC3)(C1)C2. The predicted molar refractivity (Wildman–Crippen MR) is 120 cm³/mol. The molecule has 8 heteroatoms. The number of imide groups is 1. The first kappa shape index (κ1) is 23.1. The number of carbonyl (C=O) groups excluding carboxylic acids is 2. The third-order valence-corrected chi connectivity index (χ3v) is 8.26. The normalized spacial score (nSPS) is 30.7. The van der Waals surface area contributed by atoms with Crippen LogP contribution in [-0.4, -0.2) is 47.2 Å². The number of ether oxygens (including phenoxy) is 2. The molecule has 4 aliphatic rings. The molecule has 2 bridgehead atoms. The fraction of sp³-hybridized carbons (Fsp3) is 0.654. The van der Waals surface area contributed by atoms with E-state index >= 15 is 4.39 Å². The molecule has 1 heterocycles. The molecule has 0 spiro atoms. The van der Waals surface area contributed by atoms with Gasteiger partial charge in [-0.25, -0.2) is 18.9 Å². The van der Waals surface area contributed by atoms with Crippen LogP contribution in [-0.2, 0) is 9.53 Å². The Kier molecular flexibility index (Phi) is 6.02. The standard InChI is InChI=1S/C26H32FNO6/c1-2-15-8-16-4-3-7-26(11-15,12-16)14-34-22-10-20(27)19(9-18(22)17-5-6-17)23(29)28-21(24(30)31)13-33-25(28)32/h9-10,15-17,21H,2-8,11-14H2,1H3,(H,30,31)/t15?,16?,21-,26?/m0/s1. The van der Waals surface area contributed by atoms with Crippen molar-refractivity contribution < 1.29 is 33.4 Å². The highest BCUT2D eigenvalue weighted by Crippen LogP contribution is 2.52. The molecule has 1 saturated heterocycles. The van der Waals surface area contributed by atoms with Gasteiger partial charge in [-0.2, -0.15) is 0 Å². The summed E-state index contributed by atoms with van der Waals surface area (Å²) in [5, 5.41) is 9.32. The molecule has 1 aromatic rings. The van der Waals surface area contributed by atoms with E-state index in [-0.39, 0.29) is 16.9 Å². The van der Waals surface area contributed by atoms with Crippen LogP contribution in [0.2, 0.25) is 0 Å². The number of hydrogen-bond donors (Lipinski definition) is 1. The molecule has 0 radical (unpaired) electrons. The molecule has 4 fully saturated rings. The van der Waals surface area contributed by atoms with Gasteiger partial charge in [0.2, 0.25) is 0 Å². The maximum atomic E-state index is 15.2. The molecular formula is C26H32FNO6. The van der Waals surface area contributed by atoms with Crippen molar-refractivity contribution in [2.75, 3.05) is 13.2 Å². The second kappa shape index (κ2) is 8.86. The lowest BCUT2D eigenvalue weighted by atomic mass is 9.59. The molecular weight excluding hydrogens is 441 g/mol. The van der Waals surface area contributed by atoms with Crippen molar-refractivity contribution in [2.24, 2.45) is 17.3 Å². The number of fused-ring (bicyclic) bond motifs is 2. The Morgan fingerprint density at radius 3 is 2.76 bits per heavy atom. The van der Waals surface area contributed by atoms with Crippen LogP contribution >= 0.6 is 0 Å². The second-order valence-corrected chi connectivity index (χ2v) is 10.7. The number of carboxylic acid groups (broad SMARTS) is 1. The molecule has 3 aliphatic carbocycles. The molecule has 184 valence electrons.